The predicted octanol–water partition coefficient (Wildman–Crippen LogP) is 4.26. The van der Waals surface area contributed by atoms with E-state index < -0.39 is 0 Å². The summed E-state index contributed by atoms with van der Waals surface area (Å²) >= 11 is 0. The number of amides is 1. The second-order valence-electron chi connectivity index (χ2n) is 7.08. The van der Waals surface area contributed by atoms with Gasteiger partial charge in [0.1, 0.15) is 5.82 Å². The number of rotatable bonds is 10. The molecule has 27 heavy (non-hydrogen) atoms. The summed E-state index contributed by atoms with van der Waals surface area (Å²) in [4.78, 5) is 22.4. The number of aliphatic imine (C=N–C) groups is 2. The first kappa shape index (κ1) is 22.6. The van der Waals surface area contributed by atoms with E-state index >= 15 is 0 Å². The molecule has 0 atom stereocenters. The van der Waals surface area contributed by atoms with Crippen LogP contribution >= 0.6 is 0 Å². The van der Waals surface area contributed by atoms with Gasteiger partial charge in [-0.3, -0.25) is 9.79 Å². The molecule has 0 aromatic heterocycles. The van der Waals surface area contributed by atoms with Gasteiger partial charge in [-0.05, 0) is 44.8 Å². The third kappa shape index (κ3) is 7.00. The van der Waals surface area contributed by atoms with Crippen LogP contribution in [0.1, 0.15) is 48.0 Å². The Kier molecular flexibility index (Phi) is 9.48. The maximum Gasteiger partial charge on any atom is 0.210 e. The van der Waals surface area contributed by atoms with Crippen molar-refractivity contribution >= 4 is 18.3 Å². The molecule has 0 saturated heterocycles. The molecule has 1 aliphatic rings. The summed E-state index contributed by atoms with van der Waals surface area (Å²) in [7, 11) is 0. The molecular formula is C22H34N4O. The molecule has 5 nitrogen and oxygen atoms in total. The zero-order valence-electron chi connectivity index (χ0n) is 17.6. The van der Waals surface area contributed by atoms with E-state index in [4.69, 9.17) is 0 Å². The molecule has 0 saturated carbocycles. The fourth-order valence-electron chi connectivity index (χ4n) is 2.73. The molecule has 1 amide bonds. The Bertz CT molecular complexity index is 678. The number of hydrogen-bond donors (Lipinski definition) is 1. The van der Waals surface area contributed by atoms with Gasteiger partial charge in [0.05, 0.1) is 13.1 Å². The highest BCUT2D eigenvalue weighted by atomic mass is 16.1. The first-order chi connectivity index (χ1) is 12.8. The molecule has 0 fully saturated rings. The lowest BCUT2D eigenvalue weighted by molar-refractivity contribution is -0.119. The Morgan fingerprint density at radius 3 is 2.56 bits per heavy atom. The first-order valence-electron chi connectivity index (χ1n) is 9.64. The van der Waals surface area contributed by atoms with Crippen LogP contribution in [0.4, 0.5) is 0 Å². The Labute approximate surface area is 164 Å². The van der Waals surface area contributed by atoms with Gasteiger partial charge in [-0.15, -0.1) is 0 Å². The average Bonchev–Trinajstić information content (AvgIpc) is 2.81. The molecule has 1 rings (SSSR count). The Hall–Kier alpha value is -2.43. The molecule has 0 aliphatic carbocycles. The number of carbonyl (C=O) groups excluding carboxylic acids is 1. The third-order valence-electron chi connectivity index (χ3n) is 4.45. The molecule has 1 N–H and O–H groups in total. The lowest BCUT2D eigenvalue weighted by atomic mass is 10.0. The van der Waals surface area contributed by atoms with E-state index in [2.05, 4.69) is 54.8 Å². The summed E-state index contributed by atoms with van der Waals surface area (Å²) in [6.45, 7) is 17.5. The van der Waals surface area contributed by atoms with Crippen LogP contribution < -0.4 is 5.32 Å². The standard InChI is InChI=1S/C22H34N4O/c1-8-19(16(3)4)11-10-18(7)25-22-20(14-26(15-27)17(5)6)21(9-2)23-12-13-24-22/h8,10-11,13,15-17,25H,7,9,12,14H2,1-6H3/b11-10-,19-8+. The van der Waals surface area contributed by atoms with E-state index in [1.165, 1.54) is 5.57 Å². The van der Waals surface area contributed by atoms with Gasteiger partial charge < -0.3 is 10.2 Å². The van der Waals surface area contributed by atoms with Crippen LogP contribution in [0.3, 0.4) is 0 Å². The number of carbonyl (C=O) groups is 1. The first-order valence-corrected chi connectivity index (χ1v) is 9.64. The summed E-state index contributed by atoms with van der Waals surface area (Å²) in [5, 5.41) is 3.31. The zero-order valence-corrected chi connectivity index (χ0v) is 17.6. The molecule has 0 bridgehead atoms. The van der Waals surface area contributed by atoms with Gasteiger partial charge in [0, 0.05) is 29.2 Å². The van der Waals surface area contributed by atoms with Crippen molar-refractivity contribution in [3.63, 3.8) is 0 Å². The third-order valence-corrected chi connectivity index (χ3v) is 4.45. The van der Waals surface area contributed by atoms with Crippen molar-refractivity contribution in [2.75, 3.05) is 13.1 Å². The fourth-order valence-corrected chi connectivity index (χ4v) is 2.73. The molecular weight excluding hydrogens is 336 g/mol. The Morgan fingerprint density at radius 2 is 2.04 bits per heavy atom. The maximum atomic E-state index is 11.5. The number of allylic oxidation sites excluding steroid dienone is 4. The van der Waals surface area contributed by atoms with Crippen LogP contribution in [-0.4, -0.2) is 42.4 Å². The molecule has 0 aromatic rings. The van der Waals surface area contributed by atoms with Gasteiger partial charge in [0.25, 0.3) is 0 Å². The summed E-state index contributed by atoms with van der Waals surface area (Å²) in [6, 6.07) is 0.105. The smallest absolute Gasteiger partial charge is 0.210 e. The highest BCUT2D eigenvalue weighted by Gasteiger charge is 2.18. The normalized spacial score (nSPS) is 15.4. The largest absolute Gasteiger partial charge is 0.340 e. The summed E-state index contributed by atoms with van der Waals surface area (Å²) in [5.41, 5.74) is 3.91. The van der Waals surface area contributed by atoms with E-state index in [1.54, 1.807) is 11.1 Å². The van der Waals surface area contributed by atoms with E-state index in [0.717, 1.165) is 29.8 Å². The predicted molar refractivity (Wildman–Crippen MR) is 116 cm³/mol. The Balaban J connectivity index is 3.15. The summed E-state index contributed by atoms with van der Waals surface area (Å²) in [5.74, 6) is 1.16. The van der Waals surface area contributed by atoms with Crippen molar-refractivity contribution < 1.29 is 4.79 Å². The van der Waals surface area contributed by atoms with Crippen LogP contribution in [0.2, 0.25) is 0 Å². The van der Waals surface area contributed by atoms with Gasteiger partial charge in [0.15, 0.2) is 0 Å². The molecule has 5 heteroatoms. The van der Waals surface area contributed by atoms with E-state index in [9.17, 15) is 4.79 Å². The van der Waals surface area contributed by atoms with Crippen LogP contribution in [0.5, 0.6) is 0 Å². The van der Waals surface area contributed by atoms with Crippen LogP contribution in [0.15, 0.2) is 57.5 Å². The van der Waals surface area contributed by atoms with Gasteiger partial charge in [-0.25, -0.2) is 4.99 Å². The molecule has 1 heterocycles. The lowest BCUT2D eigenvalue weighted by Gasteiger charge is -2.25. The topological polar surface area (TPSA) is 57.1 Å². The molecule has 0 radical (unpaired) electrons. The number of hydrogen-bond acceptors (Lipinski definition) is 4. The maximum absolute atomic E-state index is 11.5. The highest BCUT2D eigenvalue weighted by Crippen LogP contribution is 2.16. The van der Waals surface area contributed by atoms with Crippen LogP contribution in [0.25, 0.3) is 0 Å². The monoisotopic (exact) mass is 370 g/mol. The van der Waals surface area contributed by atoms with E-state index in [0.29, 0.717) is 24.8 Å². The minimum absolute atomic E-state index is 0.105. The average molecular weight is 371 g/mol. The zero-order chi connectivity index (χ0) is 20.4. The fraction of sp³-hybridized carbons (Fsp3) is 0.500. The van der Waals surface area contributed by atoms with Crippen molar-refractivity contribution in [3.8, 4) is 0 Å². The summed E-state index contributed by atoms with van der Waals surface area (Å²) < 4.78 is 0. The van der Waals surface area contributed by atoms with Gasteiger partial charge in [0.2, 0.25) is 6.41 Å². The number of nitrogens with zero attached hydrogens (tertiary/aromatic N) is 3. The summed E-state index contributed by atoms with van der Waals surface area (Å²) in [6.07, 6.45) is 9.59. The molecule has 0 aromatic carbocycles. The Morgan fingerprint density at radius 1 is 1.33 bits per heavy atom. The van der Waals surface area contributed by atoms with Crippen molar-refractivity contribution in [1.29, 1.82) is 0 Å². The van der Waals surface area contributed by atoms with Gasteiger partial charge in [-0.1, -0.05) is 39.5 Å². The molecule has 1 aliphatic heterocycles. The second kappa shape index (κ2) is 11.3. The molecule has 0 unspecified atom stereocenters. The van der Waals surface area contributed by atoms with Crippen LogP contribution in [-0.2, 0) is 4.79 Å². The van der Waals surface area contributed by atoms with E-state index in [-0.39, 0.29) is 6.04 Å². The quantitative estimate of drug-likeness (QED) is 0.461. The highest BCUT2D eigenvalue weighted by molar-refractivity contribution is 6.02. The van der Waals surface area contributed by atoms with Crippen molar-refractivity contribution in [2.45, 2.75) is 54.0 Å². The van der Waals surface area contributed by atoms with E-state index in [1.807, 2.05) is 26.8 Å². The molecule has 0 spiro atoms. The van der Waals surface area contributed by atoms with Crippen LogP contribution in [0, 0.1) is 5.92 Å². The lowest BCUT2D eigenvalue weighted by Crippen LogP contribution is -2.34. The minimum Gasteiger partial charge on any atom is -0.340 e. The second-order valence-corrected chi connectivity index (χ2v) is 7.08. The van der Waals surface area contributed by atoms with Gasteiger partial charge in [-0.2, -0.15) is 0 Å². The minimum atomic E-state index is 0.105. The van der Waals surface area contributed by atoms with Crippen molar-refractivity contribution in [2.24, 2.45) is 15.9 Å². The van der Waals surface area contributed by atoms with Gasteiger partial charge >= 0.3 is 0 Å². The van der Waals surface area contributed by atoms with Crippen molar-refractivity contribution in [1.82, 2.24) is 10.2 Å². The molecule has 148 valence electrons. The van der Waals surface area contributed by atoms with Crippen molar-refractivity contribution in [3.05, 3.63) is 47.5 Å². The number of nitrogens with one attached hydrogen (secondary N) is 1. The SMILES string of the molecule is C=C(/C=C\C(=C/C)C(C)C)NC1=C(CN(C=O)C(C)C)C(CC)=NCC=N1.